The molecule has 0 aliphatic heterocycles. The second-order valence-electron chi connectivity index (χ2n) is 8.36. The summed E-state index contributed by atoms with van der Waals surface area (Å²) in [5, 5.41) is 34.6. The zero-order valence-corrected chi connectivity index (χ0v) is 23.9. The molecular weight excluding hydrogens is 600 g/mol. The lowest BCUT2D eigenvalue weighted by Crippen LogP contribution is -2.09. The van der Waals surface area contributed by atoms with Crippen molar-refractivity contribution in [2.45, 2.75) is 7.43 Å². The fraction of sp³-hybridized carbons (Fsp3) is 0.0909. The van der Waals surface area contributed by atoms with Crippen LogP contribution in [0.5, 0.6) is 23.0 Å². The number of nitrogens with zero attached hydrogens (tertiary/aromatic N) is 2. The highest BCUT2D eigenvalue weighted by Crippen LogP contribution is 2.29. The lowest BCUT2D eigenvalue weighted by molar-refractivity contribution is -0.132. The molecule has 4 rings (SSSR count). The molecule has 2 aromatic carbocycles. The number of carbonyl (C=O) groups excluding carboxylic acids is 1. The van der Waals surface area contributed by atoms with E-state index in [4.69, 9.17) is 29.5 Å². The molecule has 0 fully saturated rings. The van der Waals surface area contributed by atoms with Crippen LogP contribution >= 0.6 is 0 Å². The molecule has 13 heteroatoms. The Morgan fingerprint density at radius 2 is 1.17 bits per heavy atom. The van der Waals surface area contributed by atoms with Gasteiger partial charge in [0.05, 0.1) is 25.3 Å². The largest absolute Gasteiger partial charge is 0.504 e. The third-order valence-electron chi connectivity index (χ3n) is 5.24. The molecule has 0 amide bonds. The van der Waals surface area contributed by atoms with Crippen molar-refractivity contribution < 1.29 is 53.8 Å². The molecule has 13 nitrogen and oxygen atoms in total. The van der Waals surface area contributed by atoms with Crippen molar-refractivity contribution in [3.8, 4) is 23.0 Å². The minimum absolute atomic E-state index is 0. The SMILES string of the molecule is C.COc1cc(/C=C/C(=O)O)ccc1O.COc1cc(/C=C/C(=O)O)ccc1OC(=O)c1cccnc1.O=C(O)c1cccnc1. The summed E-state index contributed by atoms with van der Waals surface area (Å²) < 4.78 is 15.3. The zero-order valence-electron chi connectivity index (χ0n) is 23.9. The molecule has 4 aromatic rings. The predicted molar refractivity (Wildman–Crippen MR) is 168 cm³/mol. The Bertz CT molecular complexity index is 1660. The van der Waals surface area contributed by atoms with Gasteiger partial charge in [-0.1, -0.05) is 19.6 Å². The number of aliphatic carboxylic acids is 2. The summed E-state index contributed by atoms with van der Waals surface area (Å²) in [5.41, 5.74) is 1.80. The monoisotopic (exact) mass is 632 g/mol. The van der Waals surface area contributed by atoms with Gasteiger partial charge in [0.25, 0.3) is 0 Å². The number of aromatic carboxylic acids is 1. The van der Waals surface area contributed by atoms with Gasteiger partial charge < -0.3 is 34.6 Å². The van der Waals surface area contributed by atoms with Crippen LogP contribution in [0.3, 0.4) is 0 Å². The van der Waals surface area contributed by atoms with Gasteiger partial charge in [0, 0.05) is 36.9 Å². The first-order chi connectivity index (χ1) is 21.5. The number of pyridine rings is 2. The van der Waals surface area contributed by atoms with E-state index in [2.05, 4.69) is 9.97 Å². The van der Waals surface area contributed by atoms with Crippen LogP contribution in [0.4, 0.5) is 0 Å². The smallest absolute Gasteiger partial charge is 0.345 e. The average molecular weight is 633 g/mol. The predicted octanol–water partition coefficient (Wildman–Crippen LogP) is 5.32. The molecule has 0 spiro atoms. The number of hydrogen-bond acceptors (Lipinski definition) is 10. The zero-order chi connectivity index (χ0) is 33.2. The van der Waals surface area contributed by atoms with E-state index in [9.17, 15) is 24.3 Å². The van der Waals surface area contributed by atoms with Gasteiger partial charge in [0.1, 0.15) is 0 Å². The maximum atomic E-state index is 12.0. The number of ether oxygens (including phenoxy) is 3. The fourth-order valence-electron chi connectivity index (χ4n) is 3.14. The maximum Gasteiger partial charge on any atom is 0.345 e. The summed E-state index contributed by atoms with van der Waals surface area (Å²) in [5.74, 6) is -2.66. The number of benzene rings is 2. The number of esters is 1. The topological polar surface area (TPSA) is 203 Å². The van der Waals surface area contributed by atoms with E-state index < -0.39 is 23.9 Å². The van der Waals surface area contributed by atoms with Gasteiger partial charge in [-0.15, -0.1) is 0 Å². The molecule has 0 bridgehead atoms. The van der Waals surface area contributed by atoms with Gasteiger partial charge in [0.2, 0.25) is 0 Å². The van der Waals surface area contributed by atoms with Crippen molar-refractivity contribution in [1.82, 2.24) is 9.97 Å². The molecule has 0 aliphatic carbocycles. The molecule has 0 aliphatic rings. The molecule has 4 N–H and O–H groups in total. The number of phenols is 1. The first-order valence-electron chi connectivity index (χ1n) is 12.7. The third kappa shape index (κ3) is 13.2. The number of carbonyl (C=O) groups is 4. The Labute approximate surface area is 264 Å². The summed E-state index contributed by atoms with van der Waals surface area (Å²) in [7, 11) is 2.86. The third-order valence-corrected chi connectivity index (χ3v) is 5.24. The van der Waals surface area contributed by atoms with E-state index in [1.165, 1.54) is 63.2 Å². The van der Waals surface area contributed by atoms with Crippen molar-refractivity contribution in [2.24, 2.45) is 0 Å². The summed E-state index contributed by atoms with van der Waals surface area (Å²) in [6.07, 6.45) is 10.7. The first-order valence-corrected chi connectivity index (χ1v) is 12.7. The van der Waals surface area contributed by atoms with Crippen LogP contribution in [0.15, 0.2) is 97.6 Å². The number of aromatic hydroxyl groups is 1. The van der Waals surface area contributed by atoms with Crippen LogP contribution in [0.1, 0.15) is 39.3 Å². The number of rotatable bonds is 9. The van der Waals surface area contributed by atoms with Gasteiger partial charge in [-0.25, -0.2) is 19.2 Å². The van der Waals surface area contributed by atoms with E-state index >= 15 is 0 Å². The maximum absolute atomic E-state index is 12.0. The molecule has 0 unspecified atom stereocenters. The van der Waals surface area contributed by atoms with Crippen LogP contribution in [-0.4, -0.2) is 68.5 Å². The van der Waals surface area contributed by atoms with Crippen molar-refractivity contribution in [1.29, 1.82) is 0 Å². The normalized spacial score (nSPS) is 9.87. The molecule has 2 aromatic heterocycles. The number of hydrogen-bond donors (Lipinski definition) is 4. The number of carboxylic acid groups (broad SMARTS) is 3. The lowest BCUT2D eigenvalue weighted by atomic mass is 10.2. The number of carboxylic acids is 3. The van der Waals surface area contributed by atoms with Crippen LogP contribution in [0, 0.1) is 0 Å². The van der Waals surface area contributed by atoms with Gasteiger partial charge >= 0.3 is 23.9 Å². The molecule has 0 saturated heterocycles. The minimum atomic E-state index is -1.05. The Morgan fingerprint density at radius 1 is 0.674 bits per heavy atom. The molecular formula is C33H32N2O11. The Hall–Kier alpha value is -6.50. The van der Waals surface area contributed by atoms with E-state index in [1.54, 1.807) is 48.7 Å². The van der Waals surface area contributed by atoms with Gasteiger partial charge in [-0.05, 0) is 71.8 Å². The standard InChI is InChI=1S/C16H13NO5.C10H10O4.C6H5NO2.CH4/c1-21-14-9-11(5-7-15(18)19)4-6-13(14)22-16(20)12-3-2-8-17-10-12;1-14-9-6-7(2-4-8(9)11)3-5-10(12)13;8-6(9)5-2-1-3-7-4-5;/h2-10H,1H3,(H,18,19);2-6,11H,1H3,(H,12,13);1-4H,(H,8,9);1H4/b7-5+;5-3+;;. The number of phenolic OH excluding ortho intramolecular Hbond substituents is 1. The van der Waals surface area contributed by atoms with Crippen molar-refractivity contribution in [3.05, 3.63) is 120 Å². The summed E-state index contributed by atoms with van der Waals surface area (Å²) in [6.45, 7) is 0. The molecule has 240 valence electrons. The second-order valence-corrected chi connectivity index (χ2v) is 8.36. The summed E-state index contributed by atoms with van der Waals surface area (Å²) in [6, 6.07) is 15.6. The summed E-state index contributed by atoms with van der Waals surface area (Å²) in [4.78, 5) is 50.3. The molecule has 2 heterocycles. The van der Waals surface area contributed by atoms with E-state index in [0.29, 0.717) is 28.2 Å². The van der Waals surface area contributed by atoms with E-state index in [-0.39, 0.29) is 24.5 Å². The average Bonchev–Trinajstić information content (AvgIpc) is 3.05. The number of aromatic nitrogens is 2. The van der Waals surface area contributed by atoms with Gasteiger partial charge in [-0.3, -0.25) is 9.97 Å². The van der Waals surface area contributed by atoms with Crippen LogP contribution in [0.25, 0.3) is 12.2 Å². The Balaban J connectivity index is 0.000000377. The van der Waals surface area contributed by atoms with Crippen LogP contribution in [-0.2, 0) is 9.59 Å². The van der Waals surface area contributed by atoms with Crippen LogP contribution in [0.2, 0.25) is 0 Å². The van der Waals surface area contributed by atoms with Crippen molar-refractivity contribution in [2.75, 3.05) is 14.2 Å². The Morgan fingerprint density at radius 3 is 1.61 bits per heavy atom. The van der Waals surface area contributed by atoms with Gasteiger partial charge in [-0.2, -0.15) is 0 Å². The fourth-order valence-corrected chi connectivity index (χ4v) is 3.14. The molecule has 0 radical (unpaired) electrons. The highest BCUT2D eigenvalue weighted by atomic mass is 16.6. The van der Waals surface area contributed by atoms with E-state index in [1.807, 2.05) is 0 Å². The molecule has 0 atom stereocenters. The highest BCUT2D eigenvalue weighted by Gasteiger charge is 2.12. The van der Waals surface area contributed by atoms with Crippen molar-refractivity contribution in [3.63, 3.8) is 0 Å². The van der Waals surface area contributed by atoms with Crippen molar-refractivity contribution >= 4 is 36.0 Å². The Kier molecular flexibility index (Phi) is 16.0. The minimum Gasteiger partial charge on any atom is -0.504 e. The summed E-state index contributed by atoms with van der Waals surface area (Å²) >= 11 is 0. The number of methoxy groups -OCH3 is 2. The first kappa shape index (κ1) is 37.5. The second kappa shape index (κ2) is 19.6. The molecule has 46 heavy (non-hydrogen) atoms. The molecule has 0 saturated carbocycles. The van der Waals surface area contributed by atoms with E-state index in [0.717, 1.165) is 12.2 Å². The quantitative estimate of drug-likeness (QED) is 0.105. The van der Waals surface area contributed by atoms with Crippen LogP contribution < -0.4 is 14.2 Å². The van der Waals surface area contributed by atoms with Gasteiger partial charge in [0.15, 0.2) is 23.0 Å². The highest BCUT2D eigenvalue weighted by molar-refractivity contribution is 5.91. The lowest BCUT2D eigenvalue weighted by Gasteiger charge is -2.09.